The van der Waals surface area contributed by atoms with Gasteiger partial charge in [-0.1, -0.05) is 59.9 Å². The highest BCUT2D eigenvalue weighted by Crippen LogP contribution is 2.34. The fraction of sp³-hybridized carbons (Fsp3) is 0.238. The van der Waals surface area contributed by atoms with Crippen molar-refractivity contribution in [3.8, 4) is 11.5 Å². The van der Waals surface area contributed by atoms with Crippen LogP contribution in [0.25, 0.3) is 6.08 Å². The van der Waals surface area contributed by atoms with Crippen LogP contribution in [-0.4, -0.2) is 28.8 Å². The van der Waals surface area contributed by atoms with Crippen LogP contribution < -0.4 is 9.47 Å². The number of carbonyl (C=O) groups excluding carboxylic acids is 1. The smallest absolute Gasteiger partial charge is 0.265 e. The molecule has 1 heterocycles. The van der Waals surface area contributed by atoms with E-state index in [-0.39, 0.29) is 5.91 Å². The Morgan fingerprint density at radius 2 is 1.96 bits per heavy atom. The second kappa shape index (κ2) is 8.59. The monoisotopic (exact) mass is 399 g/mol. The van der Waals surface area contributed by atoms with Crippen LogP contribution in [0.4, 0.5) is 0 Å². The number of aryl methyl sites for hydroxylation is 1. The van der Waals surface area contributed by atoms with E-state index in [0.29, 0.717) is 33.9 Å². The third-order valence-corrected chi connectivity index (χ3v) is 5.51. The molecule has 6 heteroatoms. The van der Waals surface area contributed by atoms with E-state index >= 15 is 0 Å². The van der Waals surface area contributed by atoms with Gasteiger partial charge in [0.25, 0.3) is 5.91 Å². The first kappa shape index (κ1) is 19.5. The maximum atomic E-state index is 12.2. The molecule has 3 rings (SSSR count). The lowest BCUT2D eigenvalue weighted by Crippen LogP contribution is -2.22. The molecule has 0 N–H and O–H groups in total. The Morgan fingerprint density at radius 1 is 1.15 bits per heavy atom. The number of amides is 1. The van der Waals surface area contributed by atoms with Crippen molar-refractivity contribution < 1.29 is 14.3 Å². The van der Waals surface area contributed by atoms with Crippen LogP contribution >= 0.6 is 24.0 Å². The minimum absolute atomic E-state index is 0.0808. The largest absolute Gasteiger partial charge is 0.490 e. The summed E-state index contributed by atoms with van der Waals surface area (Å²) in [7, 11) is 1.69. The fourth-order valence-corrected chi connectivity index (χ4v) is 3.84. The minimum atomic E-state index is -0.0808. The molecule has 1 amide bonds. The molecule has 0 atom stereocenters. The van der Waals surface area contributed by atoms with Crippen molar-refractivity contribution in [2.24, 2.45) is 0 Å². The van der Waals surface area contributed by atoms with E-state index in [4.69, 9.17) is 21.7 Å². The molecule has 27 heavy (non-hydrogen) atoms. The second-order valence-electron chi connectivity index (χ2n) is 6.16. The molecule has 1 aliphatic rings. The minimum Gasteiger partial charge on any atom is -0.490 e. The van der Waals surface area contributed by atoms with Gasteiger partial charge in [-0.25, -0.2) is 0 Å². The highest BCUT2D eigenvalue weighted by atomic mass is 32.2. The summed E-state index contributed by atoms with van der Waals surface area (Å²) in [4.78, 5) is 14.3. The standard InChI is InChI=1S/C21H21NO3S2/c1-4-24-18-11-15(12-19-20(23)22(3)21(26)27-19)8-9-17(18)25-13-16-7-5-6-14(2)10-16/h5-12H,4,13H2,1-3H3. The first-order valence-corrected chi connectivity index (χ1v) is 9.87. The van der Waals surface area contributed by atoms with E-state index in [0.717, 1.165) is 11.1 Å². The molecule has 2 aromatic carbocycles. The summed E-state index contributed by atoms with van der Waals surface area (Å²) < 4.78 is 12.3. The van der Waals surface area contributed by atoms with Gasteiger partial charge in [0.15, 0.2) is 11.5 Å². The van der Waals surface area contributed by atoms with Gasteiger partial charge >= 0.3 is 0 Å². The number of carbonyl (C=O) groups is 1. The number of thiocarbonyl (C=S) groups is 1. The van der Waals surface area contributed by atoms with E-state index in [9.17, 15) is 4.79 Å². The van der Waals surface area contributed by atoms with Gasteiger partial charge in [0.2, 0.25) is 0 Å². The fourth-order valence-electron chi connectivity index (χ4n) is 2.66. The number of hydrogen-bond donors (Lipinski definition) is 0. The predicted octanol–water partition coefficient (Wildman–Crippen LogP) is 4.80. The van der Waals surface area contributed by atoms with E-state index < -0.39 is 0 Å². The third-order valence-electron chi connectivity index (χ3n) is 4.03. The van der Waals surface area contributed by atoms with Crippen LogP contribution in [0.1, 0.15) is 23.6 Å². The van der Waals surface area contributed by atoms with Crippen molar-refractivity contribution in [2.45, 2.75) is 20.5 Å². The molecule has 4 nitrogen and oxygen atoms in total. The molecule has 0 radical (unpaired) electrons. The van der Waals surface area contributed by atoms with Gasteiger partial charge in [0, 0.05) is 7.05 Å². The van der Waals surface area contributed by atoms with E-state index in [1.165, 1.54) is 22.2 Å². The zero-order chi connectivity index (χ0) is 19.4. The molecule has 1 saturated heterocycles. The molecule has 1 aliphatic heterocycles. The normalized spacial score (nSPS) is 15.5. The van der Waals surface area contributed by atoms with Crippen molar-refractivity contribution in [1.29, 1.82) is 0 Å². The molecule has 140 valence electrons. The first-order chi connectivity index (χ1) is 13.0. The molecule has 0 aliphatic carbocycles. The van der Waals surface area contributed by atoms with Crippen LogP contribution in [0.2, 0.25) is 0 Å². The van der Waals surface area contributed by atoms with E-state index in [1.54, 1.807) is 7.05 Å². The molecule has 0 unspecified atom stereocenters. The van der Waals surface area contributed by atoms with Gasteiger partial charge in [-0.3, -0.25) is 9.69 Å². The molecular weight excluding hydrogens is 378 g/mol. The summed E-state index contributed by atoms with van der Waals surface area (Å²) in [6.07, 6.45) is 1.83. The Labute approximate surface area is 169 Å². The third kappa shape index (κ3) is 4.70. The average molecular weight is 400 g/mol. The topological polar surface area (TPSA) is 38.8 Å². The van der Waals surface area contributed by atoms with Gasteiger partial charge in [-0.05, 0) is 43.2 Å². The van der Waals surface area contributed by atoms with Gasteiger partial charge in [-0.2, -0.15) is 0 Å². The Morgan fingerprint density at radius 3 is 2.63 bits per heavy atom. The lowest BCUT2D eigenvalue weighted by Gasteiger charge is -2.13. The number of hydrogen-bond acceptors (Lipinski definition) is 5. The first-order valence-electron chi connectivity index (χ1n) is 8.64. The zero-order valence-electron chi connectivity index (χ0n) is 15.5. The maximum absolute atomic E-state index is 12.2. The Hall–Kier alpha value is -2.31. The molecule has 0 spiro atoms. The Balaban J connectivity index is 1.80. The molecule has 0 saturated carbocycles. The quantitative estimate of drug-likeness (QED) is 0.515. The molecule has 0 bridgehead atoms. The van der Waals surface area contributed by atoms with Gasteiger partial charge in [0.1, 0.15) is 10.9 Å². The summed E-state index contributed by atoms with van der Waals surface area (Å²) in [5.74, 6) is 1.26. The van der Waals surface area contributed by atoms with Crippen molar-refractivity contribution in [3.63, 3.8) is 0 Å². The summed E-state index contributed by atoms with van der Waals surface area (Å²) in [5.41, 5.74) is 3.17. The second-order valence-corrected chi connectivity index (χ2v) is 7.83. The summed E-state index contributed by atoms with van der Waals surface area (Å²) in [6, 6.07) is 13.9. The lowest BCUT2D eigenvalue weighted by molar-refractivity contribution is -0.121. The highest BCUT2D eigenvalue weighted by molar-refractivity contribution is 8.26. The van der Waals surface area contributed by atoms with Crippen molar-refractivity contribution >= 4 is 40.3 Å². The number of likely N-dealkylation sites (N-methyl/N-ethyl adjacent to an activating group) is 1. The molecule has 2 aromatic rings. The van der Waals surface area contributed by atoms with Crippen LogP contribution in [0.3, 0.4) is 0 Å². The summed E-state index contributed by atoms with van der Waals surface area (Å²) in [5, 5.41) is 0. The average Bonchev–Trinajstić information content (AvgIpc) is 2.88. The van der Waals surface area contributed by atoms with Crippen LogP contribution in [0.5, 0.6) is 11.5 Å². The van der Waals surface area contributed by atoms with Gasteiger partial charge in [-0.15, -0.1) is 0 Å². The highest BCUT2D eigenvalue weighted by Gasteiger charge is 2.28. The van der Waals surface area contributed by atoms with Crippen molar-refractivity contribution in [2.75, 3.05) is 13.7 Å². The number of thioether (sulfide) groups is 1. The van der Waals surface area contributed by atoms with E-state index in [1.807, 2.05) is 43.3 Å². The number of ether oxygens (including phenoxy) is 2. The van der Waals surface area contributed by atoms with Crippen LogP contribution in [0.15, 0.2) is 47.4 Å². The van der Waals surface area contributed by atoms with Crippen molar-refractivity contribution in [1.82, 2.24) is 4.90 Å². The predicted molar refractivity (Wildman–Crippen MR) is 114 cm³/mol. The molecule has 0 aromatic heterocycles. The summed E-state index contributed by atoms with van der Waals surface area (Å²) >= 11 is 6.48. The van der Waals surface area contributed by atoms with Gasteiger partial charge in [0.05, 0.1) is 11.5 Å². The van der Waals surface area contributed by atoms with E-state index in [2.05, 4.69) is 19.1 Å². The number of benzene rings is 2. The van der Waals surface area contributed by atoms with Crippen molar-refractivity contribution in [3.05, 3.63) is 64.1 Å². The summed E-state index contributed by atoms with van der Waals surface area (Å²) in [6.45, 7) is 4.99. The van der Waals surface area contributed by atoms with Gasteiger partial charge < -0.3 is 9.47 Å². The van der Waals surface area contributed by atoms with Crippen LogP contribution in [-0.2, 0) is 11.4 Å². The zero-order valence-corrected chi connectivity index (χ0v) is 17.2. The Bertz CT molecular complexity index is 908. The number of rotatable bonds is 6. The Kier molecular flexibility index (Phi) is 6.19. The van der Waals surface area contributed by atoms with Crippen LogP contribution in [0, 0.1) is 6.92 Å². The molecular formula is C21H21NO3S2. The molecule has 1 fully saturated rings. The lowest BCUT2D eigenvalue weighted by atomic mass is 10.1. The maximum Gasteiger partial charge on any atom is 0.265 e. The number of nitrogens with zero attached hydrogens (tertiary/aromatic N) is 1. The SMILES string of the molecule is CCOc1cc(C=C2SC(=S)N(C)C2=O)ccc1OCc1cccc(C)c1.